The molecule has 0 spiro atoms. The van der Waals surface area contributed by atoms with Gasteiger partial charge in [-0.2, -0.15) is 9.50 Å². The Morgan fingerprint density at radius 2 is 2.38 bits per heavy atom. The Bertz CT molecular complexity index is 986. The highest BCUT2D eigenvalue weighted by Crippen LogP contribution is 2.21. The maximum atomic E-state index is 12.3. The summed E-state index contributed by atoms with van der Waals surface area (Å²) in [5.41, 5.74) is 0.479. The fraction of sp³-hybridized carbons (Fsp3) is 0.188. The molecule has 6 nitrogen and oxygen atoms in total. The Morgan fingerprint density at radius 1 is 1.46 bits per heavy atom. The lowest BCUT2D eigenvalue weighted by Gasteiger charge is -2.16. The molecule has 3 heterocycles. The van der Waals surface area contributed by atoms with Crippen molar-refractivity contribution < 1.29 is 0 Å². The standard InChI is InChI=1S/C16H14ClN5OS/c17-10-3-1-4-11(7-10)18-9-12-8-14(23)22-16(19-12)20-15(21-22)13-5-2-6-24-13/h1-6,8,11,18H,7,9H2,(H,19,20,21). The highest BCUT2D eigenvalue weighted by molar-refractivity contribution is 7.13. The molecule has 2 N–H and O–H groups in total. The summed E-state index contributed by atoms with van der Waals surface area (Å²) in [6.45, 7) is 0.478. The second-order valence-corrected chi connectivity index (χ2v) is 6.89. The van der Waals surface area contributed by atoms with Crippen molar-refractivity contribution in [3.63, 3.8) is 0 Å². The molecule has 3 aromatic heterocycles. The predicted molar refractivity (Wildman–Crippen MR) is 95.2 cm³/mol. The number of thiophene rings is 1. The van der Waals surface area contributed by atoms with E-state index < -0.39 is 0 Å². The number of fused-ring (bicyclic) bond motifs is 1. The van der Waals surface area contributed by atoms with E-state index >= 15 is 0 Å². The molecule has 0 fully saturated rings. The maximum absolute atomic E-state index is 12.3. The van der Waals surface area contributed by atoms with Crippen molar-refractivity contribution >= 4 is 28.7 Å². The van der Waals surface area contributed by atoms with E-state index in [4.69, 9.17) is 11.6 Å². The highest BCUT2D eigenvalue weighted by atomic mass is 35.5. The topological polar surface area (TPSA) is 75.1 Å². The first-order chi connectivity index (χ1) is 11.7. The van der Waals surface area contributed by atoms with Crippen molar-refractivity contribution in [2.75, 3.05) is 0 Å². The summed E-state index contributed by atoms with van der Waals surface area (Å²) in [6.07, 6.45) is 6.59. The molecule has 0 saturated heterocycles. The Balaban J connectivity index is 1.57. The van der Waals surface area contributed by atoms with Gasteiger partial charge in [-0.25, -0.2) is 4.98 Å². The lowest BCUT2D eigenvalue weighted by molar-refractivity contribution is 0.583. The molecule has 0 amide bonds. The summed E-state index contributed by atoms with van der Waals surface area (Å²) < 4.78 is 1.36. The van der Waals surface area contributed by atoms with Crippen LogP contribution in [0.3, 0.4) is 0 Å². The van der Waals surface area contributed by atoms with Gasteiger partial charge < -0.3 is 5.32 Å². The summed E-state index contributed by atoms with van der Waals surface area (Å²) in [5.74, 6) is 1.02. The third kappa shape index (κ3) is 3.06. The van der Waals surface area contributed by atoms with Crippen LogP contribution in [-0.4, -0.2) is 25.6 Å². The normalized spacial score (nSPS) is 17.4. The summed E-state index contributed by atoms with van der Waals surface area (Å²) in [6, 6.07) is 5.54. The molecule has 0 saturated carbocycles. The number of halogens is 1. The molecular formula is C16H14ClN5OS. The first-order valence-electron chi connectivity index (χ1n) is 7.48. The van der Waals surface area contributed by atoms with Gasteiger partial charge in [0.1, 0.15) is 0 Å². The first-order valence-corrected chi connectivity index (χ1v) is 8.73. The minimum absolute atomic E-state index is 0.142. The van der Waals surface area contributed by atoms with Gasteiger partial charge in [0.15, 0.2) is 5.82 Å². The van der Waals surface area contributed by atoms with E-state index in [9.17, 15) is 4.79 Å². The number of nitrogens with zero attached hydrogens (tertiary/aromatic N) is 3. The number of allylic oxidation sites excluding steroid dienone is 2. The molecule has 0 radical (unpaired) electrons. The van der Waals surface area contributed by atoms with Crippen LogP contribution >= 0.6 is 22.9 Å². The summed E-state index contributed by atoms with van der Waals surface area (Å²) in [4.78, 5) is 22.1. The molecule has 4 rings (SSSR count). The molecule has 3 aromatic rings. The fourth-order valence-electron chi connectivity index (χ4n) is 2.56. The van der Waals surface area contributed by atoms with Crippen LogP contribution in [0.4, 0.5) is 0 Å². The SMILES string of the molecule is O=c1cc(CNC2C=CC=C(Cl)C2)nc2nc(-c3cccs3)[nH]n12. The number of nitrogens with one attached hydrogen (secondary N) is 2. The smallest absolute Gasteiger partial charge is 0.274 e. The van der Waals surface area contributed by atoms with Crippen LogP contribution in [0.15, 0.2) is 51.6 Å². The van der Waals surface area contributed by atoms with E-state index in [1.165, 1.54) is 10.6 Å². The fourth-order valence-corrected chi connectivity index (χ4v) is 3.46. The average molecular weight is 360 g/mol. The van der Waals surface area contributed by atoms with Crippen LogP contribution in [0.25, 0.3) is 16.5 Å². The lowest BCUT2D eigenvalue weighted by Crippen LogP contribution is -2.29. The zero-order chi connectivity index (χ0) is 16.5. The van der Waals surface area contributed by atoms with Gasteiger partial charge in [-0.05, 0) is 17.5 Å². The molecule has 1 aliphatic rings. The van der Waals surface area contributed by atoms with Crippen LogP contribution in [0.2, 0.25) is 0 Å². The lowest BCUT2D eigenvalue weighted by atomic mass is 10.1. The van der Waals surface area contributed by atoms with E-state index in [-0.39, 0.29) is 11.6 Å². The number of aromatic nitrogens is 4. The summed E-state index contributed by atoms with van der Waals surface area (Å²) in [7, 11) is 0. The number of hydrogen-bond donors (Lipinski definition) is 2. The first kappa shape index (κ1) is 15.3. The van der Waals surface area contributed by atoms with Gasteiger partial charge in [0, 0.05) is 30.1 Å². The third-order valence-electron chi connectivity index (χ3n) is 3.72. The van der Waals surface area contributed by atoms with Crippen LogP contribution in [0.5, 0.6) is 0 Å². The largest absolute Gasteiger partial charge is 0.305 e. The summed E-state index contributed by atoms with van der Waals surface area (Å²) in [5, 5.41) is 9.10. The second kappa shape index (κ2) is 6.35. The molecule has 122 valence electrons. The Kier molecular flexibility index (Phi) is 4.05. The van der Waals surface area contributed by atoms with Crippen molar-refractivity contribution in [1.29, 1.82) is 0 Å². The second-order valence-electron chi connectivity index (χ2n) is 5.46. The number of hydrogen-bond acceptors (Lipinski definition) is 5. The van der Waals surface area contributed by atoms with E-state index in [0.717, 1.165) is 16.3 Å². The van der Waals surface area contributed by atoms with Crippen molar-refractivity contribution in [1.82, 2.24) is 24.9 Å². The van der Waals surface area contributed by atoms with Crippen molar-refractivity contribution in [2.45, 2.75) is 19.0 Å². The van der Waals surface area contributed by atoms with Crippen molar-refractivity contribution in [3.8, 4) is 10.7 Å². The van der Waals surface area contributed by atoms with Crippen LogP contribution in [0.1, 0.15) is 12.1 Å². The zero-order valence-electron chi connectivity index (χ0n) is 12.6. The molecule has 0 aromatic carbocycles. The summed E-state index contributed by atoms with van der Waals surface area (Å²) >= 11 is 7.59. The molecule has 0 aliphatic heterocycles. The Hall–Kier alpha value is -2.22. The molecule has 1 unspecified atom stereocenters. The minimum Gasteiger partial charge on any atom is -0.305 e. The van der Waals surface area contributed by atoms with E-state index in [0.29, 0.717) is 23.8 Å². The van der Waals surface area contributed by atoms with Gasteiger partial charge >= 0.3 is 0 Å². The van der Waals surface area contributed by atoms with E-state index in [1.807, 2.05) is 35.7 Å². The number of H-pyrrole nitrogens is 1. The minimum atomic E-state index is -0.177. The molecule has 1 aliphatic carbocycles. The quantitative estimate of drug-likeness (QED) is 0.751. The average Bonchev–Trinajstić information content (AvgIpc) is 3.22. The van der Waals surface area contributed by atoms with Gasteiger partial charge in [0.2, 0.25) is 0 Å². The monoisotopic (exact) mass is 359 g/mol. The third-order valence-corrected chi connectivity index (χ3v) is 4.88. The molecular weight excluding hydrogens is 346 g/mol. The van der Waals surface area contributed by atoms with Gasteiger partial charge in [-0.15, -0.1) is 11.3 Å². The van der Waals surface area contributed by atoms with Crippen LogP contribution in [-0.2, 0) is 6.54 Å². The molecule has 8 heteroatoms. The Morgan fingerprint density at radius 3 is 3.17 bits per heavy atom. The molecule has 24 heavy (non-hydrogen) atoms. The highest BCUT2D eigenvalue weighted by Gasteiger charge is 2.12. The van der Waals surface area contributed by atoms with Crippen molar-refractivity contribution in [2.24, 2.45) is 0 Å². The number of aromatic amines is 1. The van der Waals surface area contributed by atoms with Gasteiger partial charge in [-0.3, -0.25) is 9.89 Å². The van der Waals surface area contributed by atoms with Gasteiger partial charge in [-0.1, -0.05) is 29.8 Å². The molecule has 1 atom stereocenters. The van der Waals surface area contributed by atoms with E-state index in [2.05, 4.69) is 20.4 Å². The molecule has 0 bridgehead atoms. The maximum Gasteiger partial charge on any atom is 0.274 e. The van der Waals surface area contributed by atoms with E-state index in [1.54, 1.807) is 11.3 Å². The van der Waals surface area contributed by atoms with Crippen LogP contribution < -0.4 is 10.9 Å². The zero-order valence-corrected chi connectivity index (χ0v) is 14.1. The van der Waals surface area contributed by atoms with Crippen molar-refractivity contribution in [3.05, 3.63) is 62.9 Å². The predicted octanol–water partition coefficient (Wildman–Crippen LogP) is 2.69. The Labute approximate surface area is 146 Å². The van der Waals surface area contributed by atoms with Gasteiger partial charge in [0.25, 0.3) is 11.3 Å². The van der Waals surface area contributed by atoms with Gasteiger partial charge in [0.05, 0.1) is 10.6 Å². The number of rotatable bonds is 4. The van der Waals surface area contributed by atoms with Crippen LogP contribution in [0, 0.1) is 0 Å².